The fourth-order valence-corrected chi connectivity index (χ4v) is 1.70. The SMILES string of the molecule is CC(C)(C)C(=O)NCCCC(=O)Nc1ccccc1OC(F)F. The normalized spacial score (nSPS) is 11.2. The second-order valence-corrected chi connectivity index (χ2v) is 6.03. The molecule has 0 heterocycles. The molecule has 2 N–H and O–H groups in total. The van der Waals surface area contributed by atoms with Gasteiger partial charge in [0.1, 0.15) is 5.75 Å². The third-order valence-corrected chi connectivity index (χ3v) is 2.92. The molecule has 7 heteroatoms. The molecular weight excluding hydrogens is 306 g/mol. The summed E-state index contributed by atoms with van der Waals surface area (Å²) in [4.78, 5) is 23.5. The number of carbonyl (C=O) groups excluding carboxylic acids is 2. The average Bonchev–Trinajstić information content (AvgIpc) is 2.44. The van der Waals surface area contributed by atoms with Crippen LogP contribution in [0.3, 0.4) is 0 Å². The average molecular weight is 328 g/mol. The fourth-order valence-electron chi connectivity index (χ4n) is 1.70. The third-order valence-electron chi connectivity index (χ3n) is 2.92. The summed E-state index contributed by atoms with van der Waals surface area (Å²) in [5.74, 6) is -0.509. The second kappa shape index (κ2) is 8.45. The zero-order valence-corrected chi connectivity index (χ0v) is 13.5. The van der Waals surface area contributed by atoms with Crippen molar-refractivity contribution in [2.24, 2.45) is 5.41 Å². The molecule has 0 saturated carbocycles. The van der Waals surface area contributed by atoms with Crippen molar-refractivity contribution in [3.63, 3.8) is 0 Å². The van der Waals surface area contributed by atoms with Gasteiger partial charge in [0.15, 0.2) is 0 Å². The number of ether oxygens (including phenoxy) is 1. The number of halogens is 2. The van der Waals surface area contributed by atoms with Crippen molar-refractivity contribution in [3.8, 4) is 5.75 Å². The highest BCUT2D eigenvalue weighted by Crippen LogP contribution is 2.25. The minimum atomic E-state index is -2.96. The minimum absolute atomic E-state index is 0.0862. The summed E-state index contributed by atoms with van der Waals surface area (Å²) in [5.41, 5.74) is -0.287. The van der Waals surface area contributed by atoms with Gasteiger partial charge in [-0.1, -0.05) is 32.9 Å². The molecule has 0 fully saturated rings. The summed E-state index contributed by atoms with van der Waals surface area (Å²) in [5, 5.41) is 5.26. The Hall–Kier alpha value is -2.18. The highest BCUT2D eigenvalue weighted by molar-refractivity contribution is 5.92. The maximum absolute atomic E-state index is 12.3. The van der Waals surface area contributed by atoms with E-state index in [4.69, 9.17) is 0 Å². The smallest absolute Gasteiger partial charge is 0.387 e. The highest BCUT2D eigenvalue weighted by Gasteiger charge is 2.20. The first-order valence-electron chi connectivity index (χ1n) is 7.32. The number of anilines is 1. The van der Waals surface area contributed by atoms with Crippen molar-refractivity contribution in [1.29, 1.82) is 0 Å². The molecule has 0 saturated heterocycles. The van der Waals surface area contributed by atoms with Gasteiger partial charge in [-0.15, -0.1) is 0 Å². The number of amides is 2. The van der Waals surface area contributed by atoms with E-state index in [1.807, 2.05) is 0 Å². The quantitative estimate of drug-likeness (QED) is 0.756. The molecule has 23 heavy (non-hydrogen) atoms. The molecule has 0 atom stereocenters. The number of para-hydroxylation sites is 2. The molecule has 1 rings (SSSR count). The number of hydrogen-bond acceptors (Lipinski definition) is 3. The first-order chi connectivity index (χ1) is 10.7. The van der Waals surface area contributed by atoms with Crippen LogP contribution in [0, 0.1) is 5.41 Å². The molecule has 0 aliphatic carbocycles. The molecule has 0 unspecified atom stereocenters. The Morgan fingerprint density at radius 2 is 1.87 bits per heavy atom. The van der Waals surface area contributed by atoms with Crippen molar-refractivity contribution in [2.75, 3.05) is 11.9 Å². The van der Waals surface area contributed by atoms with Crippen LogP contribution in [0.5, 0.6) is 5.75 Å². The maximum Gasteiger partial charge on any atom is 0.387 e. The molecule has 1 aromatic rings. The van der Waals surface area contributed by atoms with Gasteiger partial charge in [-0.3, -0.25) is 9.59 Å². The van der Waals surface area contributed by atoms with Gasteiger partial charge in [0.05, 0.1) is 5.69 Å². The van der Waals surface area contributed by atoms with E-state index in [1.165, 1.54) is 18.2 Å². The van der Waals surface area contributed by atoms with Crippen molar-refractivity contribution in [1.82, 2.24) is 5.32 Å². The monoisotopic (exact) mass is 328 g/mol. The molecule has 0 aromatic heterocycles. The van der Waals surface area contributed by atoms with Crippen LogP contribution >= 0.6 is 0 Å². The van der Waals surface area contributed by atoms with E-state index in [2.05, 4.69) is 15.4 Å². The van der Waals surface area contributed by atoms with E-state index in [0.717, 1.165) is 0 Å². The lowest BCUT2D eigenvalue weighted by Crippen LogP contribution is -2.35. The number of rotatable bonds is 7. The van der Waals surface area contributed by atoms with E-state index in [-0.39, 0.29) is 29.7 Å². The van der Waals surface area contributed by atoms with E-state index in [1.54, 1.807) is 26.8 Å². The van der Waals surface area contributed by atoms with Crippen LogP contribution in [0.2, 0.25) is 0 Å². The Morgan fingerprint density at radius 1 is 1.22 bits per heavy atom. The third kappa shape index (κ3) is 7.08. The van der Waals surface area contributed by atoms with Crippen LogP contribution < -0.4 is 15.4 Å². The van der Waals surface area contributed by atoms with Gasteiger partial charge in [0.2, 0.25) is 11.8 Å². The molecule has 128 valence electrons. The van der Waals surface area contributed by atoms with Gasteiger partial charge >= 0.3 is 6.61 Å². The molecular formula is C16H22F2N2O3. The Bertz CT molecular complexity index is 542. The number of carbonyl (C=O) groups is 2. The molecule has 0 spiro atoms. The van der Waals surface area contributed by atoms with E-state index in [0.29, 0.717) is 13.0 Å². The van der Waals surface area contributed by atoms with E-state index in [9.17, 15) is 18.4 Å². The molecule has 0 aliphatic heterocycles. The first-order valence-corrected chi connectivity index (χ1v) is 7.32. The van der Waals surface area contributed by atoms with Crippen LogP contribution in [0.25, 0.3) is 0 Å². The summed E-state index contributed by atoms with van der Waals surface area (Å²) < 4.78 is 28.9. The van der Waals surface area contributed by atoms with Gasteiger partial charge in [0.25, 0.3) is 0 Å². The van der Waals surface area contributed by atoms with Crippen LogP contribution in [-0.4, -0.2) is 25.0 Å². The van der Waals surface area contributed by atoms with Crippen molar-refractivity contribution in [3.05, 3.63) is 24.3 Å². The number of nitrogens with one attached hydrogen (secondary N) is 2. The standard InChI is InChI=1S/C16H22F2N2O3/c1-16(2,3)14(22)19-10-6-9-13(21)20-11-7-4-5-8-12(11)23-15(17)18/h4-5,7-8,15H,6,9-10H2,1-3H3,(H,19,22)(H,20,21). The van der Waals surface area contributed by atoms with Gasteiger partial charge in [-0.05, 0) is 18.6 Å². The summed E-state index contributed by atoms with van der Waals surface area (Å²) in [7, 11) is 0. The van der Waals surface area contributed by atoms with Crippen LogP contribution in [-0.2, 0) is 9.59 Å². The maximum atomic E-state index is 12.3. The zero-order chi connectivity index (χ0) is 17.5. The van der Waals surface area contributed by atoms with Crippen molar-refractivity contribution >= 4 is 17.5 Å². The largest absolute Gasteiger partial charge is 0.433 e. The second-order valence-electron chi connectivity index (χ2n) is 6.03. The lowest BCUT2D eigenvalue weighted by atomic mass is 9.96. The molecule has 0 aliphatic rings. The van der Waals surface area contributed by atoms with Crippen molar-refractivity contribution < 1.29 is 23.1 Å². The predicted molar refractivity (Wildman–Crippen MR) is 83.4 cm³/mol. The number of alkyl halides is 2. The first kappa shape index (κ1) is 18.9. The highest BCUT2D eigenvalue weighted by atomic mass is 19.3. The van der Waals surface area contributed by atoms with Crippen LogP contribution in [0.4, 0.5) is 14.5 Å². The van der Waals surface area contributed by atoms with Crippen LogP contribution in [0.1, 0.15) is 33.6 Å². The Kier molecular flexibility index (Phi) is 6.93. The van der Waals surface area contributed by atoms with E-state index >= 15 is 0 Å². The molecule has 0 radical (unpaired) electrons. The van der Waals surface area contributed by atoms with Gasteiger partial charge in [-0.2, -0.15) is 8.78 Å². The Balaban J connectivity index is 2.42. The lowest BCUT2D eigenvalue weighted by molar-refractivity contribution is -0.128. The minimum Gasteiger partial charge on any atom is -0.433 e. The molecule has 5 nitrogen and oxygen atoms in total. The summed E-state index contributed by atoms with van der Waals surface area (Å²) in [6, 6.07) is 5.98. The van der Waals surface area contributed by atoms with E-state index < -0.39 is 12.0 Å². The predicted octanol–water partition coefficient (Wildman–Crippen LogP) is 3.17. The molecule has 2 amide bonds. The number of benzene rings is 1. The van der Waals surface area contributed by atoms with Gasteiger partial charge in [-0.25, -0.2) is 0 Å². The Morgan fingerprint density at radius 3 is 2.48 bits per heavy atom. The molecule has 0 bridgehead atoms. The number of hydrogen-bond donors (Lipinski definition) is 2. The fraction of sp³-hybridized carbons (Fsp3) is 0.500. The van der Waals surface area contributed by atoms with Gasteiger partial charge in [0, 0.05) is 18.4 Å². The summed E-state index contributed by atoms with van der Waals surface area (Å²) in [6.07, 6.45) is 0.610. The zero-order valence-electron chi connectivity index (χ0n) is 13.5. The topological polar surface area (TPSA) is 67.4 Å². The lowest BCUT2D eigenvalue weighted by Gasteiger charge is -2.17. The van der Waals surface area contributed by atoms with Crippen molar-refractivity contribution in [2.45, 2.75) is 40.2 Å². The summed E-state index contributed by atoms with van der Waals surface area (Å²) >= 11 is 0. The van der Waals surface area contributed by atoms with Crippen LogP contribution in [0.15, 0.2) is 24.3 Å². The Labute approximate surface area is 134 Å². The molecule has 1 aromatic carbocycles. The van der Waals surface area contributed by atoms with Gasteiger partial charge < -0.3 is 15.4 Å². The summed E-state index contributed by atoms with van der Waals surface area (Å²) in [6.45, 7) is 2.82.